The molecule has 6 nitrogen and oxygen atoms in total. The van der Waals surface area contributed by atoms with Crippen LogP contribution in [0.15, 0.2) is 77.7 Å². The van der Waals surface area contributed by atoms with Gasteiger partial charge in [-0.2, -0.15) is 0 Å². The second-order valence-corrected chi connectivity index (χ2v) is 6.73. The molecule has 0 fully saturated rings. The summed E-state index contributed by atoms with van der Waals surface area (Å²) in [6.45, 7) is 1.74. The molecule has 1 unspecified atom stereocenters. The molecule has 0 aliphatic carbocycles. The summed E-state index contributed by atoms with van der Waals surface area (Å²) in [5, 5.41) is 2.92. The van der Waals surface area contributed by atoms with E-state index >= 15 is 0 Å². The van der Waals surface area contributed by atoms with Crippen LogP contribution in [0.4, 0.5) is 4.39 Å². The normalized spacial score (nSPS) is 12.1. The summed E-state index contributed by atoms with van der Waals surface area (Å²) >= 11 is 0. The lowest BCUT2D eigenvalue weighted by Gasteiger charge is -2.14. The van der Waals surface area contributed by atoms with Crippen LogP contribution in [0.2, 0.25) is 0 Å². The molecule has 146 valence electrons. The fraction of sp³-hybridized carbons (Fsp3) is 0.136. The minimum absolute atomic E-state index is 0.146. The number of amides is 1. The third-order valence-electron chi connectivity index (χ3n) is 4.75. The molecular weight excluding hydrogens is 371 g/mol. The van der Waals surface area contributed by atoms with E-state index in [0.29, 0.717) is 16.9 Å². The lowest BCUT2D eigenvalue weighted by Crippen LogP contribution is -2.34. The summed E-state index contributed by atoms with van der Waals surface area (Å²) in [6.07, 6.45) is 1.57. The van der Waals surface area contributed by atoms with Crippen molar-refractivity contribution >= 4 is 17.1 Å². The maximum atomic E-state index is 13.3. The zero-order valence-electron chi connectivity index (χ0n) is 15.7. The van der Waals surface area contributed by atoms with Gasteiger partial charge in [0, 0.05) is 6.20 Å². The predicted molar refractivity (Wildman–Crippen MR) is 108 cm³/mol. The third-order valence-corrected chi connectivity index (χ3v) is 4.75. The molecule has 1 N–H and O–H groups in total. The summed E-state index contributed by atoms with van der Waals surface area (Å²) < 4.78 is 16.0. The Morgan fingerprint density at radius 2 is 1.79 bits per heavy atom. The summed E-state index contributed by atoms with van der Waals surface area (Å²) in [4.78, 5) is 30.0. The molecule has 0 aliphatic heterocycles. The highest BCUT2D eigenvalue weighted by Gasteiger charge is 2.18. The molecule has 0 saturated carbocycles. The van der Waals surface area contributed by atoms with Crippen molar-refractivity contribution in [3.63, 3.8) is 0 Å². The summed E-state index contributed by atoms with van der Waals surface area (Å²) in [7, 11) is 0. The van der Waals surface area contributed by atoms with Crippen LogP contribution in [0.3, 0.4) is 0 Å². The Bertz CT molecular complexity index is 1210. The van der Waals surface area contributed by atoms with Gasteiger partial charge < -0.3 is 5.32 Å². The number of aromatic nitrogens is 3. The van der Waals surface area contributed by atoms with Crippen molar-refractivity contribution in [2.75, 3.05) is 0 Å². The van der Waals surface area contributed by atoms with E-state index in [2.05, 4.69) is 10.3 Å². The Hall–Kier alpha value is -3.74. The van der Waals surface area contributed by atoms with Crippen LogP contribution in [-0.4, -0.2) is 20.0 Å². The quantitative estimate of drug-likeness (QED) is 0.569. The van der Waals surface area contributed by atoms with Gasteiger partial charge in [-0.15, -0.1) is 0 Å². The fourth-order valence-corrected chi connectivity index (χ4v) is 3.32. The van der Waals surface area contributed by atoms with E-state index < -0.39 is 11.5 Å². The number of hydrogen-bond donors (Lipinski definition) is 1. The second kappa shape index (κ2) is 7.71. The number of rotatable bonds is 5. The largest absolute Gasteiger partial charge is 0.348 e. The van der Waals surface area contributed by atoms with Gasteiger partial charge in [0.25, 0.3) is 0 Å². The van der Waals surface area contributed by atoms with Gasteiger partial charge in [-0.25, -0.2) is 18.7 Å². The number of nitrogens with zero attached hydrogens (tertiary/aromatic N) is 3. The van der Waals surface area contributed by atoms with Crippen LogP contribution in [0.1, 0.15) is 18.5 Å². The van der Waals surface area contributed by atoms with E-state index in [1.165, 1.54) is 33.4 Å². The number of imidazole rings is 1. The van der Waals surface area contributed by atoms with E-state index in [1.54, 1.807) is 18.3 Å². The van der Waals surface area contributed by atoms with Gasteiger partial charge in [-0.3, -0.25) is 9.36 Å². The van der Waals surface area contributed by atoms with E-state index in [1.807, 2.05) is 37.3 Å². The minimum Gasteiger partial charge on any atom is -0.348 e. The van der Waals surface area contributed by atoms with E-state index in [-0.39, 0.29) is 18.5 Å². The van der Waals surface area contributed by atoms with Crippen LogP contribution in [0.5, 0.6) is 0 Å². The molecule has 0 spiro atoms. The van der Waals surface area contributed by atoms with Crippen LogP contribution >= 0.6 is 0 Å². The molecule has 1 amide bonds. The average Bonchev–Trinajstić information content (AvgIpc) is 3.01. The summed E-state index contributed by atoms with van der Waals surface area (Å²) in [6, 6.07) is 18.4. The van der Waals surface area contributed by atoms with Crippen LogP contribution < -0.4 is 11.0 Å². The van der Waals surface area contributed by atoms with Crippen molar-refractivity contribution in [1.82, 2.24) is 19.4 Å². The highest BCUT2D eigenvalue weighted by Crippen LogP contribution is 2.16. The molecule has 7 heteroatoms. The van der Waals surface area contributed by atoms with Gasteiger partial charge in [0.1, 0.15) is 12.4 Å². The Morgan fingerprint density at radius 1 is 1.07 bits per heavy atom. The molecule has 2 heterocycles. The van der Waals surface area contributed by atoms with Crippen molar-refractivity contribution in [2.24, 2.45) is 0 Å². The molecule has 0 bridgehead atoms. The molecule has 4 rings (SSSR count). The number of halogens is 1. The molecule has 2 aromatic heterocycles. The fourth-order valence-electron chi connectivity index (χ4n) is 3.32. The van der Waals surface area contributed by atoms with Crippen LogP contribution in [0, 0.1) is 5.82 Å². The van der Waals surface area contributed by atoms with Crippen molar-refractivity contribution in [3.05, 3.63) is 94.8 Å². The number of benzene rings is 2. The summed E-state index contributed by atoms with van der Waals surface area (Å²) in [5.74, 6) is -0.682. The highest BCUT2D eigenvalue weighted by molar-refractivity contribution is 5.80. The Labute approximate surface area is 166 Å². The molecule has 0 saturated heterocycles. The first-order valence-corrected chi connectivity index (χ1v) is 9.21. The monoisotopic (exact) mass is 390 g/mol. The van der Waals surface area contributed by atoms with Crippen molar-refractivity contribution in [1.29, 1.82) is 0 Å². The predicted octanol–water partition coefficient (Wildman–Crippen LogP) is 3.20. The van der Waals surface area contributed by atoms with Gasteiger partial charge in [0.2, 0.25) is 5.91 Å². The zero-order chi connectivity index (χ0) is 20.4. The van der Waals surface area contributed by atoms with E-state index in [4.69, 9.17) is 0 Å². The number of carbonyl (C=O) groups is 1. The van der Waals surface area contributed by atoms with Gasteiger partial charge in [0.05, 0.1) is 17.2 Å². The first-order valence-electron chi connectivity index (χ1n) is 9.21. The van der Waals surface area contributed by atoms with Gasteiger partial charge >= 0.3 is 5.69 Å². The molecule has 2 aromatic carbocycles. The molecular formula is C22H19FN4O2. The van der Waals surface area contributed by atoms with Gasteiger partial charge in [-0.1, -0.05) is 30.3 Å². The smallest absolute Gasteiger partial charge is 0.335 e. The lowest BCUT2D eigenvalue weighted by atomic mass is 10.1. The third kappa shape index (κ3) is 3.67. The number of pyridine rings is 1. The molecule has 4 aromatic rings. The SMILES string of the molecule is CC(NC(=O)Cn1c(=O)n(-c2ccc(F)cc2)c2ncccc21)c1ccccc1. The maximum Gasteiger partial charge on any atom is 0.335 e. The first kappa shape index (κ1) is 18.6. The van der Waals surface area contributed by atoms with Gasteiger partial charge in [-0.05, 0) is 48.9 Å². The molecule has 0 aliphatic rings. The van der Waals surface area contributed by atoms with Crippen molar-refractivity contribution < 1.29 is 9.18 Å². The highest BCUT2D eigenvalue weighted by atomic mass is 19.1. The molecule has 1 atom stereocenters. The first-order chi connectivity index (χ1) is 14.0. The number of nitrogens with one attached hydrogen (secondary N) is 1. The second-order valence-electron chi connectivity index (χ2n) is 6.73. The number of fused-ring (bicyclic) bond motifs is 1. The summed E-state index contributed by atoms with van der Waals surface area (Å²) in [5.41, 5.74) is 1.99. The number of hydrogen-bond acceptors (Lipinski definition) is 3. The van der Waals surface area contributed by atoms with Crippen LogP contribution in [0.25, 0.3) is 16.9 Å². The topological polar surface area (TPSA) is 68.9 Å². The maximum absolute atomic E-state index is 13.3. The average molecular weight is 390 g/mol. The molecule has 29 heavy (non-hydrogen) atoms. The van der Waals surface area contributed by atoms with Crippen molar-refractivity contribution in [2.45, 2.75) is 19.5 Å². The standard InChI is InChI=1S/C22H19FN4O2/c1-15(16-6-3-2-4-7-16)25-20(28)14-26-19-8-5-13-24-21(19)27(22(26)29)18-11-9-17(23)10-12-18/h2-13,15H,14H2,1H3,(H,25,28). The Balaban J connectivity index is 1.67. The van der Waals surface area contributed by atoms with Gasteiger partial charge in [0.15, 0.2) is 5.65 Å². The molecule has 0 radical (unpaired) electrons. The Morgan fingerprint density at radius 3 is 2.52 bits per heavy atom. The lowest BCUT2D eigenvalue weighted by molar-refractivity contribution is -0.122. The minimum atomic E-state index is -0.409. The van der Waals surface area contributed by atoms with Crippen LogP contribution in [-0.2, 0) is 11.3 Å². The Kier molecular flexibility index (Phi) is 4.95. The van der Waals surface area contributed by atoms with Crippen molar-refractivity contribution in [3.8, 4) is 5.69 Å². The zero-order valence-corrected chi connectivity index (χ0v) is 15.7. The van der Waals surface area contributed by atoms with E-state index in [0.717, 1.165) is 5.56 Å². The van der Waals surface area contributed by atoms with E-state index in [9.17, 15) is 14.0 Å². The number of carbonyl (C=O) groups excluding carboxylic acids is 1.